The van der Waals surface area contributed by atoms with Crippen LogP contribution in [0.3, 0.4) is 0 Å². The van der Waals surface area contributed by atoms with Crippen LogP contribution in [0.15, 0.2) is 24.7 Å². The molecule has 0 bridgehead atoms. The van der Waals surface area contributed by atoms with Crippen molar-refractivity contribution >= 4 is 17.3 Å². The number of nitrogens with zero attached hydrogens (tertiary/aromatic N) is 3. The van der Waals surface area contributed by atoms with Gasteiger partial charge in [-0.2, -0.15) is 0 Å². The van der Waals surface area contributed by atoms with Gasteiger partial charge in [-0.25, -0.2) is 9.37 Å². The van der Waals surface area contributed by atoms with Crippen molar-refractivity contribution in [3.63, 3.8) is 0 Å². The molecule has 2 aromatic rings. The fourth-order valence-electron chi connectivity index (χ4n) is 1.49. The Morgan fingerprint density at radius 1 is 1.56 bits per heavy atom. The van der Waals surface area contributed by atoms with Gasteiger partial charge in [0.25, 0.3) is 5.69 Å². The van der Waals surface area contributed by atoms with Crippen molar-refractivity contribution in [2.45, 2.75) is 0 Å². The van der Waals surface area contributed by atoms with E-state index in [2.05, 4.69) is 4.98 Å². The van der Waals surface area contributed by atoms with Crippen LogP contribution in [0.25, 0.3) is 5.69 Å². The topological polar surface area (TPSA) is 70.2 Å². The predicted octanol–water partition coefficient (Wildman–Crippen LogP) is 2.58. The third-order valence-corrected chi connectivity index (χ3v) is 2.45. The van der Waals surface area contributed by atoms with Gasteiger partial charge >= 0.3 is 0 Å². The lowest BCUT2D eigenvalue weighted by Gasteiger charge is -2.09. The Bertz CT molecular complexity index is 614. The number of non-ortho nitro benzene ring substituents is 1. The van der Waals surface area contributed by atoms with E-state index in [1.807, 2.05) is 0 Å². The molecule has 0 aliphatic rings. The van der Waals surface area contributed by atoms with Gasteiger partial charge in [0.1, 0.15) is 17.2 Å². The summed E-state index contributed by atoms with van der Waals surface area (Å²) in [5.41, 5.74) is -0.373. The Morgan fingerprint density at radius 3 is 2.78 bits per heavy atom. The Balaban J connectivity index is 2.63. The monoisotopic (exact) mass is 271 g/mol. The number of benzene rings is 1. The van der Waals surface area contributed by atoms with Gasteiger partial charge in [-0.15, -0.1) is 0 Å². The van der Waals surface area contributed by atoms with Crippen LogP contribution in [0.1, 0.15) is 0 Å². The lowest BCUT2D eigenvalue weighted by Crippen LogP contribution is -2.01. The van der Waals surface area contributed by atoms with Crippen LogP contribution in [0.5, 0.6) is 5.75 Å². The van der Waals surface area contributed by atoms with Gasteiger partial charge in [-0.3, -0.25) is 14.7 Å². The Labute approximate surface area is 106 Å². The number of halogens is 2. The van der Waals surface area contributed by atoms with Crippen molar-refractivity contribution in [3.8, 4) is 11.4 Å². The van der Waals surface area contributed by atoms with E-state index >= 15 is 0 Å². The standard InChI is InChI=1S/C10H7ClFN3O3/c1-18-8-3-6(15(16)17)2-7(12)10(8)14-4-9(11)13-5-14/h2-5H,1H3. The first-order chi connectivity index (χ1) is 8.52. The lowest BCUT2D eigenvalue weighted by molar-refractivity contribution is -0.385. The molecule has 6 nitrogen and oxygen atoms in total. The summed E-state index contributed by atoms with van der Waals surface area (Å²) < 4.78 is 20.1. The van der Waals surface area contributed by atoms with Crippen molar-refractivity contribution < 1.29 is 14.1 Å². The quantitative estimate of drug-likeness (QED) is 0.635. The highest BCUT2D eigenvalue weighted by Gasteiger charge is 2.19. The van der Waals surface area contributed by atoms with E-state index in [0.717, 1.165) is 12.1 Å². The molecule has 0 saturated heterocycles. The first-order valence-corrected chi connectivity index (χ1v) is 5.12. The summed E-state index contributed by atoms with van der Waals surface area (Å²) in [5, 5.41) is 10.8. The highest BCUT2D eigenvalue weighted by atomic mass is 35.5. The fraction of sp³-hybridized carbons (Fsp3) is 0.100. The summed E-state index contributed by atoms with van der Waals surface area (Å²) in [5.74, 6) is -0.772. The number of hydrogen-bond acceptors (Lipinski definition) is 4. The van der Waals surface area contributed by atoms with Crippen molar-refractivity contribution in [2.24, 2.45) is 0 Å². The van der Waals surface area contributed by atoms with Crippen molar-refractivity contribution in [2.75, 3.05) is 7.11 Å². The third kappa shape index (κ3) is 2.12. The minimum absolute atomic E-state index is 0.0162. The molecule has 2 rings (SSSR count). The van der Waals surface area contributed by atoms with Crippen molar-refractivity contribution in [3.05, 3.63) is 45.7 Å². The zero-order valence-corrected chi connectivity index (χ0v) is 9.89. The Hall–Kier alpha value is -2.15. The molecule has 94 valence electrons. The summed E-state index contributed by atoms with van der Waals surface area (Å²) >= 11 is 5.64. The van der Waals surface area contributed by atoms with Gasteiger partial charge in [0.15, 0.2) is 11.6 Å². The van der Waals surface area contributed by atoms with Crippen molar-refractivity contribution in [1.29, 1.82) is 0 Å². The van der Waals surface area contributed by atoms with E-state index in [9.17, 15) is 14.5 Å². The first-order valence-electron chi connectivity index (χ1n) is 4.74. The number of ether oxygens (including phenoxy) is 1. The number of hydrogen-bond donors (Lipinski definition) is 0. The predicted molar refractivity (Wildman–Crippen MR) is 61.7 cm³/mol. The van der Waals surface area contributed by atoms with E-state index in [1.165, 1.54) is 24.2 Å². The molecule has 0 unspecified atom stereocenters. The Morgan fingerprint density at radius 2 is 2.28 bits per heavy atom. The smallest absolute Gasteiger partial charge is 0.276 e. The molecular weight excluding hydrogens is 265 g/mol. The van der Waals surface area contributed by atoms with Crippen LogP contribution in [0.4, 0.5) is 10.1 Å². The molecule has 0 N–H and O–H groups in total. The van der Waals surface area contributed by atoms with Crippen LogP contribution < -0.4 is 4.74 Å². The molecule has 8 heteroatoms. The maximum absolute atomic E-state index is 13.9. The van der Waals surface area contributed by atoms with Gasteiger partial charge in [-0.1, -0.05) is 11.6 Å². The minimum atomic E-state index is -0.796. The van der Waals surface area contributed by atoms with Gasteiger partial charge in [0.2, 0.25) is 0 Å². The average molecular weight is 272 g/mol. The van der Waals surface area contributed by atoms with Crippen LogP contribution in [0.2, 0.25) is 5.15 Å². The highest BCUT2D eigenvalue weighted by Crippen LogP contribution is 2.31. The van der Waals surface area contributed by atoms with E-state index < -0.39 is 10.7 Å². The van der Waals surface area contributed by atoms with Crippen molar-refractivity contribution in [1.82, 2.24) is 9.55 Å². The molecule has 0 aliphatic heterocycles. The molecule has 1 aromatic carbocycles. The maximum Gasteiger partial charge on any atom is 0.276 e. The lowest BCUT2D eigenvalue weighted by atomic mass is 10.2. The SMILES string of the molecule is COc1cc([N+](=O)[O-])cc(F)c1-n1cnc(Cl)c1. The number of methoxy groups -OCH3 is 1. The maximum atomic E-state index is 13.9. The van der Waals surface area contributed by atoms with E-state index in [0.29, 0.717) is 0 Å². The summed E-state index contributed by atoms with van der Waals surface area (Å²) in [4.78, 5) is 13.7. The van der Waals surface area contributed by atoms with Gasteiger partial charge in [0.05, 0.1) is 24.2 Å². The largest absolute Gasteiger partial charge is 0.494 e. The molecule has 0 saturated carbocycles. The summed E-state index contributed by atoms with van der Waals surface area (Å²) in [6.45, 7) is 0. The molecule has 1 aromatic heterocycles. The third-order valence-electron chi connectivity index (χ3n) is 2.25. The summed E-state index contributed by atoms with van der Waals surface area (Å²) in [6, 6.07) is 1.94. The molecule has 0 aliphatic carbocycles. The minimum Gasteiger partial charge on any atom is -0.494 e. The highest BCUT2D eigenvalue weighted by molar-refractivity contribution is 6.29. The van der Waals surface area contributed by atoms with Gasteiger partial charge in [0, 0.05) is 6.20 Å². The normalized spacial score (nSPS) is 10.4. The molecule has 0 amide bonds. The van der Waals surface area contributed by atoms with Crippen LogP contribution in [-0.4, -0.2) is 21.6 Å². The number of imidazole rings is 1. The second-order valence-electron chi connectivity index (χ2n) is 3.34. The molecule has 1 heterocycles. The fourth-order valence-corrected chi connectivity index (χ4v) is 1.64. The molecule has 0 atom stereocenters. The van der Waals surface area contributed by atoms with Crippen LogP contribution >= 0.6 is 11.6 Å². The Kier molecular flexibility index (Phi) is 3.15. The number of aromatic nitrogens is 2. The molecule has 0 radical (unpaired) electrons. The van der Waals surface area contributed by atoms with Gasteiger partial charge < -0.3 is 4.74 Å². The first kappa shape index (κ1) is 12.3. The van der Waals surface area contributed by atoms with E-state index in [4.69, 9.17) is 16.3 Å². The van der Waals surface area contributed by atoms with Gasteiger partial charge in [-0.05, 0) is 0 Å². The van der Waals surface area contributed by atoms with E-state index in [-0.39, 0.29) is 22.3 Å². The molecule has 0 spiro atoms. The number of rotatable bonds is 3. The zero-order chi connectivity index (χ0) is 13.3. The number of nitro benzene ring substituents is 1. The van der Waals surface area contributed by atoms with E-state index in [1.54, 1.807) is 0 Å². The summed E-state index contributed by atoms with van der Waals surface area (Å²) in [6.07, 6.45) is 2.66. The van der Waals surface area contributed by atoms with Crippen LogP contribution in [-0.2, 0) is 0 Å². The molecule has 18 heavy (non-hydrogen) atoms. The molecule has 0 fully saturated rings. The zero-order valence-electron chi connectivity index (χ0n) is 9.13. The second kappa shape index (κ2) is 4.61. The number of nitro groups is 1. The summed E-state index contributed by atoms with van der Waals surface area (Å²) in [7, 11) is 1.29. The second-order valence-corrected chi connectivity index (χ2v) is 3.73. The van der Waals surface area contributed by atoms with Crippen LogP contribution in [0, 0.1) is 15.9 Å². The average Bonchev–Trinajstić information content (AvgIpc) is 2.74. The molecular formula is C10H7ClFN3O3.